The van der Waals surface area contributed by atoms with Crippen molar-refractivity contribution in [1.29, 1.82) is 0 Å². The van der Waals surface area contributed by atoms with E-state index >= 15 is 0 Å². The van der Waals surface area contributed by atoms with Crippen molar-refractivity contribution in [2.24, 2.45) is 0 Å². The smallest absolute Gasteiger partial charge is 0.266 e. The molecule has 12 heavy (non-hydrogen) atoms. The van der Waals surface area contributed by atoms with Gasteiger partial charge in [-0.15, -0.1) is 0 Å². The van der Waals surface area contributed by atoms with Crippen LogP contribution >= 0.6 is 0 Å². The number of aliphatic hydroxyl groups is 1. The SMILES string of the molecule is OC1CC/C=C\C(F)(F)CCC1. The summed E-state index contributed by atoms with van der Waals surface area (Å²) < 4.78 is 25.6. The maximum atomic E-state index is 12.8. The zero-order valence-corrected chi connectivity index (χ0v) is 6.97. The summed E-state index contributed by atoms with van der Waals surface area (Å²) in [6, 6.07) is 0. The quantitative estimate of drug-likeness (QED) is 0.562. The highest BCUT2D eigenvalue weighted by Gasteiger charge is 2.25. The first-order valence-electron chi connectivity index (χ1n) is 4.34. The minimum Gasteiger partial charge on any atom is -0.393 e. The number of rotatable bonds is 0. The standard InChI is InChI=1S/C9H14F2O/c10-9(11)6-2-1-4-8(12)5-3-7-9/h2,6,8,12H,1,3-5,7H2/b6-2-. The minimum absolute atomic E-state index is 0.138. The molecule has 1 N–H and O–H groups in total. The Labute approximate surface area is 71.1 Å². The van der Waals surface area contributed by atoms with Gasteiger partial charge in [-0.3, -0.25) is 0 Å². The van der Waals surface area contributed by atoms with E-state index < -0.39 is 12.0 Å². The molecule has 3 heteroatoms. The summed E-state index contributed by atoms with van der Waals surface area (Å²) in [5.41, 5.74) is 0. The highest BCUT2D eigenvalue weighted by Crippen LogP contribution is 2.25. The minimum atomic E-state index is -2.66. The Bertz CT molecular complexity index is 166. The summed E-state index contributed by atoms with van der Waals surface area (Å²) in [6.07, 6.45) is 3.95. The van der Waals surface area contributed by atoms with Gasteiger partial charge in [0.2, 0.25) is 0 Å². The van der Waals surface area contributed by atoms with Gasteiger partial charge in [-0.05, 0) is 31.8 Å². The van der Waals surface area contributed by atoms with E-state index in [0.717, 1.165) is 6.08 Å². The molecule has 0 aromatic heterocycles. The van der Waals surface area contributed by atoms with Gasteiger partial charge in [0.15, 0.2) is 0 Å². The van der Waals surface area contributed by atoms with Crippen LogP contribution in [-0.2, 0) is 0 Å². The number of allylic oxidation sites excluding steroid dienone is 2. The van der Waals surface area contributed by atoms with Crippen LogP contribution in [0, 0.1) is 0 Å². The fourth-order valence-electron chi connectivity index (χ4n) is 1.35. The summed E-state index contributed by atoms with van der Waals surface area (Å²) >= 11 is 0. The predicted octanol–water partition coefficient (Wildman–Crippen LogP) is 2.50. The molecular weight excluding hydrogens is 162 g/mol. The highest BCUT2D eigenvalue weighted by molar-refractivity contribution is 4.95. The molecule has 0 spiro atoms. The Kier molecular flexibility index (Phi) is 3.20. The van der Waals surface area contributed by atoms with Crippen LogP contribution < -0.4 is 0 Å². The fraction of sp³-hybridized carbons (Fsp3) is 0.778. The molecule has 0 aliphatic heterocycles. The molecule has 1 aliphatic carbocycles. The summed E-state index contributed by atoms with van der Waals surface area (Å²) in [5.74, 6) is -2.66. The fourth-order valence-corrected chi connectivity index (χ4v) is 1.35. The molecule has 0 bridgehead atoms. The summed E-state index contributed by atoms with van der Waals surface area (Å²) in [7, 11) is 0. The zero-order chi connectivity index (χ0) is 9.03. The second kappa shape index (κ2) is 3.99. The number of alkyl halides is 2. The zero-order valence-electron chi connectivity index (χ0n) is 6.97. The Morgan fingerprint density at radius 3 is 2.83 bits per heavy atom. The number of aliphatic hydroxyl groups excluding tert-OH is 1. The van der Waals surface area contributed by atoms with E-state index in [1.807, 2.05) is 0 Å². The first-order chi connectivity index (χ1) is 5.60. The van der Waals surface area contributed by atoms with Crippen molar-refractivity contribution in [3.63, 3.8) is 0 Å². The Hall–Kier alpha value is -0.440. The van der Waals surface area contributed by atoms with Crippen molar-refractivity contribution in [3.05, 3.63) is 12.2 Å². The van der Waals surface area contributed by atoms with Gasteiger partial charge >= 0.3 is 0 Å². The Balaban J connectivity index is 2.49. The third-order valence-electron chi connectivity index (χ3n) is 2.08. The Morgan fingerprint density at radius 2 is 2.08 bits per heavy atom. The van der Waals surface area contributed by atoms with Crippen LogP contribution in [0.5, 0.6) is 0 Å². The van der Waals surface area contributed by atoms with Gasteiger partial charge < -0.3 is 5.11 Å². The maximum absolute atomic E-state index is 12.8. The molecular formula is C9H14F2O. The van der Waals surface area contributed by atoms with E-state index in [2.05, 4.69) is 0 Å². The van der Waals surface area contributed by atoms with Crippen molar-refractivity contribution in [2.75, 3.05) is 0 Å². The molecule has 0 radical (unpaired) electrons. The average Bonchev–Trinajstić information content (AvgIpc) is 2.02. The van der Waals surface area contributed by atoms with Gasteiger partial charge in [0.05, 0.1) is 6.10 Å². The van der Waals surface area contributed by atoms with Crippen LogP contribution in [0.4, 0.5) is 8.78 Å². The van der Waals surface area contributed by atoms with Crippen molar-refractivity contribution < 1.29 is 13.9 Å². The maximum Gasteiger partial charge on any atom is 0.266 e. The molecule has 1 rings (SSSR count). The lowest BCUT2D eigenvalue weighted by atomic mass is 10.1. The first-order valence-corrected chi connectivity index (χ1v) is 4.34. The van der Waals surface area contributed by atoms with Crippen LogP contribution in [0.25, 0.3) is 0 Å². The van der Waals surface area contributed by atoms with E-state index in [0.29, 0.717) is 25.7 Å². The number of halogens is 2. The highest BCUT2D eigenvalue weighted by atomic mass is 19.3. The van der Waals surface area contributed by atoms with Gasteiger partial charge in [-0.2, -0.15) is 0 Å². The molecule has 1 atom stereocenters. The van der Waals surface area contributed by atoms with Gasteiger partial charge in [0.1, 0.15) is 0 Å². The number of hydrogen-bond acceptors (Lipinski definition) is 1. The van der Waals surface area contributed by atoms with E-state index in [4.69, 9.17) is 0 Å². The molecule has 1 unspecified atom stereocenters. The summed E-state index contributed by atoms with van der Waals surface area (Å²) in [4.78, 5) is 0. The van der Waals surface area contributed by atoms with Crippen molar-refractivity contribution >= 4 is 0 Å². The normalized spacial score (nSPS) is 33.1. The molecule has 70 valence electrons. The van der Waals surface area contributed by atoms with E-state index in [1.165, 1.54) is 6.08 Å². The third kappa shape index (κ3) is 3.30. The second-order valence-electron chi connectivity index (χ2n) is 3.29. The third-order valence-corrected chi connectivity index (χ3v) is 2.08. The van der Waals surface area contributed by atoms with Gasteiger partial charge in [0.25, 0.3) is 5.92 Å². The average molecular weight is 176 g/mol. The van der Waals surface area contributed by atoms with Gasteiger partial charge in [-0.25, -0.2) is 8.78 Å². The number of hydrogen-bond donors (Lipinski definition) is 1. The van der Waals surface area contributed by atoms with E-state index in [9.17, 15) is 13.9 Å². The Morgan fingerprint density at radius 1 is 1.33 bits per heavy atom. The first kappa shape index (κ1) is 9.65. The van der Waals surface area contributed by atoms with E-state index in [-0.39, 0.29) is 6.42 Å². The van der Waals surface area contributed by atoms with E-state index in [1.54, 1.807) is 0 Å². The molecule has 1 aliphatic rings. The molecule has 0 amide bonds. The van der Waals surface area contributed by atoms with Crippen LogP contribution in [0.3, 0.4) is 0 Å². The molecule has 1 nitrogen and oxygen atoms in total. The van der Waals surface area contributed by atoms with Crippen LogP contribution in [0.1, 0.15) is 32.1 Å². The second-order valence-corrected chi connectivity index (χ2v) is 3.29. The lowest BCUT2D eigenvalue weighted by Crippen LogP contribution is -2.12. The molecule has 0 heterocycles. The topological polar surface area (TPSA) is 20.2 Å². The molecule has 0 saturated heterocycles. The monoisotopic (exact) mass is 176 g/mol. The largest absolute Gasteiger partial charge is 0.393 e. The molecule has 0 saturated carbocycles. The molecule has 0 aromatic carbocycles. The van der Waals surface area contributed by atoms with Gasteiger partial charge in [0, 0.05) is 6.42 Å². The van der Waals surface area contributed by atoms with Crippen molar-refractivity contribution in [3.8, 4) is 0 Å². The van der Waals surface area contributed by atoms with Gasteiger partial charge in [-0.1, -0.05) is 6.08 Å². The van der Waals surface area contributed by atoms with Crippen molar-refractivity contribution in [1.82, 2.24) is 0 Å². The van der Waals surface area contributed by atoms with Crippen LogP contribution in [0.2, 0.25) is 0 Å². The van der Waals surface area contributed by atoms with Crippen LogP contribution in [0.15, 0.2) is 12.2 Å². The van der Waals surface area contributed by atoms with Crippen LogP contribution in [-0.4, -0.2) is 17.1 Å². The predicted molar refractivity (Wildman–Crippen MR) is 43.2 cm³/mol. The lowest BCUT2D eigenvalue weighted by molar-refractivity contribution is 0.0393. The molecule has 0 fully saturated rings. The summed E-state index contributed by atoms with van der Waals surface area (Å²) in [6.45, 7) is 0. The lowest BCUT2D eigenvalue weighted by Gasteiger charge is -2.11. The van der Waals surface area contributed by atoms with Crippen molar-refractivity contribution in [2.45, 2.75) is 44.1 Å². The summed E-state index contributed by atoms with van der Waals surface area (Å²) in [5, 5.41) is 9.23. The molecule has 0 aromatic rings.